The SMILES string of the molecule is COc1ccc(C(N)C2=CCCCO2)c(OC)c1. The molecule has 2 rings (SSSR count). The Morgan fingerprint density at radius 2 is 2.11 bits per heavy atom. The van der Waals surface area contributed by atoms with E-state index < -0.39 is 0 Å². The lowest BCUT2D eigenvalue weighted by Gasteiger charge is -2.22. The molecule has 0 aliphatic carbocycles. The summed E-state index contributed by atoms with van der Waals surface area (Å²) in [6.07, 6.45) is 4.12. The van der Waals surface area contributed by atoms with Gasteiger partial charge in [0.25, 0.3) is 0 Å². The van der Waals surface area contributed by atoms with Gasteiger partial charge in [0.1, 0.15) is 17.3 Å². The number of hydrogen-bond acceptors (Lipinski definition) is 4. The molecular formula is C14H19NO3. The third kappa shape index (κ3) is 2.59. The van der Waals surface area contributed by atoms with E-state index >= 15 is 0 Å². The van der Waals surface area contributed by atoms with Gasteiger partial charge < -0.3 is 19.9 Å². The number of nitrogens with two attached hydrogens (primary N) is 1. The summed E-state index contributed by atoms with van der Waals surface area (Å²) in [6.45, 7) is 0.734. The minimum Gasteiger partial charge on any atom is -0.497 e. The summed E-state index contributed by atoms with van der Waals surface area (Å²) in [4.78, 5) is 0. The van der Waals surface area contributed by atoms with Crippen LogP contribution in [0, 0.1) is 0 Å². The topological polar surface area (TPSA) is 53.7 Å². The smallest absolute Gasteiger partial charge is 0.127 e. The van der Waals surface area contributed by atoms with Crippen LogP contribution in [0.25, 0.3) is 0 Å². The maximum atomic E-state index is 6.22. The van der Waals surface area contributed by atoms with Gasteiger partial charge in [-0.1, -0.05) is 0 Å². The zero-order valence-electron chi connectivity index (χ0n) is 10.8. The van der Waals surface area contributed by atoms with Crippen molar-refractivity contribution in [3.63, 3.8) is 0 Å². The Balaban J connectivity index is 2.28. The molecule has 98 valence electrons. The van der Waals surface area contributed by atoms with Gasteiger partial charge in [-0.3, -0.25) is 0 Å². The van der Waals surface area contributed by atoms with Gasteiger partial charge in [0.05, 0.1) is 26.9 Å². The highest BCUT2D eigenvalue weighted by Gasteiger charge is 2.19. The number of hydrogen-bond donors (Lipinski definition) is 1. The van der Waals surface area contributed by atoms with E-state index in [0.717, 1.165) is 42.3 Å². The molecule has 1 unspecified atom stereocenters. The summed E-state index contributed by atoms with van der Waals surface area (Å²) in [5, 5.41) is 0. The molecule has 1 aliphatic rings. The Kier molecular flexibility index (Phi) is 4.10. The first kappa shape index (κ1) is 12.8. The molecule has 0 bridgehead atoms. The predicted molar refractivity (Wildman–Crippen MR) is 69.7 cm³/mol. The quantitative estimate of drug-likeness (QED) is 0.890. The van der Waals surface area contributed by atoms with Crippen molar-refractivity contribution in [1.29, 1.82) is 0 Å². The largest absolute Gasteiger partial charge is 0.497 e. The van der Waals surface area contributed by atoms with Crippen LogP contribution in [0.3, 0.4) is 0 Å². The predicted octanol–water partition coefficient (Wildman–Crippen LogP) is 2.40. The van der Waals surface area contributed by atoms with E-state index in [0.29, 0.717) is 0 Å². The van der Waals surface area contributed by atoms with Crippen LogP contribution in [0.15, 0.2) is 30.0 Å². The third-order valence-corrected chi connectivity index (χ3v) is 3.04. The Morgan fingerprint density at radius 3 is 2.72 bits per heavy atom. The third-order valence-electron chi connectivity index (χ3n) is 3.04. The molecule has 1 heterocycles. The van der Waals surface area contributed by atoms with Gasteiger partial charge in [0, 0.05) is 11.6 Å². The average Bonchev–Trinajstić information content (AvgIpc) is 2.46. The van der Waals surface area contributed by atoms with E-state index in [2.05, 4.69) is 6.08 Å². The highest BCUT2D eigenvalue weighted by Crippen LogP contribution is 2.33. The summed E-state index contributed by atoms with van der Waals surface area (Å²) in [7, 11) is 3.25. The Morgan fingerprint density at radius 1 is 1.28 bits per heavy atom. The molecule has 1 aromatic carbocycles. The second-order valence-corrected chi connectivity index (χ2v) is 4.18. The fourth-order valence-electron chi connectivity index (χ4n) is 2.02. The van der Waals surface area contributed by atoms with Crippen molar-refractivity contribution in [3.8, 4) is 11.5 Å². The molecule has 18 heavy (non-hydrogen) atoms. The van der Waals surface area contributed by atoms with Gasteiger partial charge in [0.2, 0.25) is 0 Å². The van der Waals surface area contributed by atoms with Crippen LogP contribution in [0.5, 0.6) is 11.5 Å². The van der Waals surface area contributed by atoms with Crippen molar-refractivity contribution < 1.29 is 14.2 Å². The number of ether oxygens (including phenoxy) is 3. The summed E-state index contributed by atoms with van der Waals surface area (Å²) in [5.74, 6) is 2.29. The van der Waals surface area contributed by atoms with E-state index in [4.69, 9.17) is 19.9 Å². The molecule has 0 aromatic heterocycles. The molecule has 1 aromatic rings. The highest BCUT2D eigenvalue weighted by molar-refractivity contribution is 5.44. The van der Waals surface area contributed by atoms with Crippen LogP contribution >= 0.6 is 0 Å². The summed E-state index contributed by atoms with van der Waals surface area (Å²) in [5.41, 5.74) is 7.13. The maximum Gasteiger partial charge on any atom is 0.127 e. The molecule has 4 nitrogen and oxygen atoms in total. The van der Waals surface area contributed by atoms with Crippen molar-refractivity contribution >= 4 is 0 Å². The van der Waals surface area contributed by atoms with Gasteiger partial charge >= 0.3 is 0 Å². The van der Waals surface area contributed by atoms with Crippen molar-refractivity contribution in [2.24, 2.45) is 5.73 Å². The van der Waals surface area contributed by atoms with E-state index in [9.17, 15) is 0 Å². The van der Waals surface area contributed by atoms with Gasteiger partial charge in [-0.2, -0.15) is 0 Å². The summed E-state index contributed by atoms with van der Waals surface area (Å²) >= 11 is 0. The van der Waals surface area contributed by atoms with E-state index in [1.165, 1.54) is 0 Å². The lowest BCUT2D eigenvalue weighted by atomic mass is 10.0. The van der Waals surface area contributed by atoms with Gasteiger partial charge in [-0.05, 0) is 31.1 Å². The highest BCUT2D eigenvalue weighted by atomic mass is 16.5. The maximum absolute atomic E-state index is 6.22. The zero-order chi connectivity index (χ0) is 13.0. The van der Waals surface area contributed by atoms with Crippen LogP contribution in [-0.2, 0) is 4.74 Å². The molecule has 0 saturated heterocycles. The molecule has 0 radical (unpaired) electrons. The first-order chi connectivity index (χ1) is 8.76. The lowest BCUT2D eigenvalue weighted by Crippen LogP contribution is -2.18. The molecule has 0 saturated carbocycles. The molecule has 1 atom stereocenters. The second kappa shape index (κ2) is 5.78. The van der Waals surface area contributed by atoms with Crippen LogP contribution in [-0.4, -0.2) is 20.8 Å². The molecule has 1 aliphatic heterocycles. The minimum atomic E-state index is -0.286. The first-order valence-electron chi connectivity index (χ1n) is 6.06. The fourth-order valence-corrected chi connectivity index (χ4v) is 2.02. The monoisotopic (exact) mass is 249 g/mol. The molecular weight excluding hydrogens is 230 g/mol. The van der Waals surface area contributed by atoms with Gasteiger partial charge in [0.15, 0.2) is 0 Å². The van der Waals surface area contributed by atoms with Gasteiger partial charge in [-0.15, -0.1) is 0 Å². The number of allylic oxidation sites excluding steroid dienone is 1. The van der Waals surface area contributed by atoms with Crippen LogP contribution in [0.1, 0.15) is 24.4 Å². The second-order valence-electron chi connectivity index (χ2n) is 4.18. The molecule has 2 N–H and O–H groups in total. The number of rotatable bonds is 4. The van der Waals surface area contributed by atoms with Crippen LogP contribution < -0.4 is 15.2 Å². The number of methoxy groups -OCH3 is 2. The zero-order valence-corrected chi connectivity index (χ0v) is 10.8. The Bertz CT molecular complexity index is 443. The van der Waals surface area contributed by atoms with Crippen molar-refractivity contribution in [2.75, 3.05) is 20.8 Å². The van der Waals surface area contributed by atoms with E-state index in [1.807, 2.05) is 18.2 Å². The van der Waals surface area contributed by atoms with Crippen molar-refractivity contribution in [3.05, 3.63) is 35.6 Å². The molecule has 0 spiro atoms. The average molecular weight is 249 g/mol. The number of benzene rings is 1. The van der Waals surface area contributed by atoms with E-state index in [1.54, 1.807) is 14.2 Å². The Hall–Kier alpha value is -1.68. The van der Waals surface area contributed by atoms with Crippen LogP contribution in [0.4, 0.5) is 0 Å². The normalized spacial score (nSPS) is 16.5. The summed E-state index contributed by atoms with van der Waals surface area (Å²) < 4.78 is 16.1. The molecule has 4 heteroatoms. The minimum absolute atomic E-state index is 0.286. The fraction of sp³-hybridized carbons (Fsp3) is 0.429. The van der Waals surface area contributed by atoms with Crippen molar-refractivity contribution in [2.45, 2.75) is 18.9 Å². The van der Waals surface area contributed by atoms with Crippen LogP contribution in [0.2, 0.25) is 0 Å². The standard InChI is InChI=1S/C14H19NO3/c1-16-10-6-7-11(13(9-10)17-2)14(15)12-5-3-4-8-18-12/h5-7,9,14H,3-4,8,15H2,1-2H3. The molecule has 0 amide bonds. The van der Waals surface area contributed by atoms with Crippen molar-refractivity contribution in [1.82, 2.24) is 0 Å². The lowest BCUT2D eigenvalue weighted by molar-refractivity contribution is 0.175. The summed E-state index contributed by atoms with van der Waals surface area (Å²) in [6, 6.07) is 5.34. The van der Waals surface area contributed by atoms with Gasteiger partial charge in [-0.25, -0.2) is 0 Å². The van der Waals surface area contributed by atoms with E-state index in [-0.39, 0.29) is 6.04 Å². The first-order valence-corrected chi connectivity index (χ1v) is 6.06. The Labute approximate surface area is 107 Å². The molecule has 0 fully saturated rings.